The van der Waals surface area contributed by atoms with E-state index < -0.39 is 15.8 Å². The Kier molecular flexibility index (Phi) is 3.72. The predicted octanol–water partition coefficient (Wildman–Crippen LogP) is 2.37. The number of nitrogens with zero attached hydrogens (tertiary/aromatic N) is 1. The smallest absolute Gasteiger partial charge is 0.281 e. The van der Waals surface area contributed by atoms with Crippen molar-refractivity contribution < 1.29 is 12.8 Å². The molecule has 0 saturated heterocycles. The van der Waals surface area contributed by atoms with Crippen LogP contribution in [0.2, 0.25) is 0 Å². The highest BCUT2D eigenvalue weighted by molar-refractivity contribution is 9.10. The highest BCUT2D eigenvalue weighted by Crippen LogP contribution is 2.24. The molecule has 19 heavy (non-hydrogen) atoms. The molecule has 2 rings (SSSR count). The maximum Gasteiger partial charge on any atom is 0.281 e. The molecule has 0 aliphatic carbocycles. The monoisotopic (exact) mass is 345 g/mol. The molecule has 1 heterocycles. The number of hydrogen-bond acceptors (Lipinski definition) is 4. The van der Waals surface area contributed by atoms with Gasteiger partial charge < -0.3 is 5.73 Å². The summed E-state index contributed by atoms with van der Waals surface area (Å²) < 4.78 is 40.3. The first-order valence-corrected chi connectivity index (χ1v) is 7.36. The summed E-state index contributed by atoms with van der Waals surface area (Å²) in [5.41, 5.74) is 5.35. The van der Waals surface area contributed by atoms with Crippen LogP contribution >= 0.6 is 15.9 Å². The number of nitrogens with one attached hydrogen (secondary N) is 1. The Morgan fingerprint density at radius 3 is 2.74 bits per heavy atom. The van der Waals surface area contributed by atoms with E-state index in [-0.39, 0.29) is 16.4 Å². The van der Waals surface area contributed by atoms with Crippen molar-refractivity contribution in [1.82, 2.24) is 4.98 Å². The van der Waals surface area contributed by atoms with Crippen molar-refractivity contribution in [1.29, 1.82) is 0 Å². The molecule has 5 nitrogen and oxygen atoms in total. The van der Waals surface area contributed by atoms with E-state index >= 15 is 0 Å². The minimum absolute atomic E-state index is 0.00888. The molecule has 0 bridgehead atoms. The molecule has 0 aliphatic rings. The third kappa shape index (κ3) is 3.02. The number of hydrogen-bond donors (Lipinski definition) is 2. The van der Waals surface area contributed by atoms with Crippen molar-refractivity contribution >= 4 is 37.3 Å². The van der Waals surface area contributed by atoms with Crippen LogP contribution in [0.1, 0.15) is 0 Å². The first-order chi connectivity index (χ1) is 8.90. The molecular weight excluding hydrogens is 337 g/mol. The average Bonchev–Trinajstić information content (AvgIpc) is 2.34. The minimum atomic E-state index is -4.03. The largest absolute Gasteiger partial charge is 0.396 e. The van der Waals surface area contributed by atoms with Crippen molar-refractivity contribution in [2.24, 2.45) is 0 Å². The normalized spacial score (nSPS) is 11.3. The fraction of sp³-hybridized carbons (Fsp3) is 0. The summed E-state index contributed by atoms with van der Waals surface area (Å²) in [6.45, 7) is 0. The van der Waals surface area contributed by atoms with Crippen LogP contribution in [-0.2, 0) is 10.0 Å². The fourth-order valence-electron chi connectivity index (χ4n) is 1.40. The maximum absolute atomic E-state index is 13.5. The Hall–Kier alpha value is -1.67. The molecule has 8 heteroatoms. The van der Waals surface area contributed by atoms with Gasteiger partial charge in [-0.15, -0.1) is 0 Å². The van der Waals surface area contributed by atoms with E-state index in [9.17, 15) is 12.8 Å². The molecule has 0 spiro atoms. The van der Waals surface area contributed by atoms with Crippen molar-refractivity contribution in [3.8, 4) is 0 Å². The first kappa shape index (κ1) is 13.8. The van der Waals surface area contributed by atoms with Crippen molar-refractivity contribution in [2.45, 2.75) is 5.03 Å². The van der Waals surface area contributed by atoms with Gasteiger partial charge in [-0.05, 0) is 30.3 Å². The second kappa shape index (κ2) is 5.14. The molecule has 1 aromatic carbocycles. The standard InChI is InChI=1S/C11H9BrFN3O2S/c12-7-3-4-8(13)10(6-7)16-19(17,18)11-9(14)2-1-5-15-11/h1-6,16H,14H2. The minimum Gasteiger partial charge on any atom is -0.396 e. The lowest BCUT2D eigenvalue weighted by Gasteiger charge is -2.10. The Balaban J connectivity index is 2.43. The zero-order chi connectivity index (χ0) is 14.0. The van der Waals surface area contributed by atoms with Gasteiger partial charge in [0.25, 0.3) is 10.0 Å². The molecule has 0 aliphatic heterocycles. The van der Waals surface area contributed by atoms with E-state index in [0.717, 1.165) is 6.07 Å². The zero-order valence-electron chi connectivity index (χ0n) is 9.47. The SMILES string of the molecule is Nc1cccnc1S(=O)(=O)Nc1cc(Br)ccc1F. The van der Waals surface area contributed by atoms with Crippen LogP contribution in [0.4, 0.5) is 15.8 Å². The molecule has 0 saturated carbocycles. The number of nitrogen functional groups attached to an aromatic ring is 1. The van der Waals surface area contributed by atoms with Crippen LogP contribution in [0.15, 0.2) is 46.0 Å². The molecule has 0 atom stereocenters. The number of pyridine rings is 1. The second-order valence-corrected chi connectivity index (χ2v) is 6.14. The van der Waals surface area contributed by atoms with E-state index in [1.165, 1.54) is 30.5 Å². The molecule has 2 aromatic rings. The molecular formula is C11H9BrFN3O2S. The topological polar surface area (TPSA) is 85.1 Å². The van der Waals surface area contributed by atoms with E-state index in [2.05, 4.69) is 25.6 Å². The molecule has 0 amide bonds. The lowest BCUT2D eigenvalue weighted by molar-refractivity contribution is 0.595. The summed E-state index contributed by atoms with van der Waals surface area (Å²) in [4.78, 5) is 3.69. The van der Waals surface area contributed by atoms with Gasteiger partial charge in [0.15, 0.2) is 5.03 Å². The number of benzene rings is 1. The number of nitrogens with two attached hydrogens (primary N) is 1. The second-order valence-electron chi connectivity index (χ2n) is 3.63. The predicted molar refractivity (Wildman–Crippen MR) is 73.6 cm³/mol. The Labute approximate surface area is 117 Å². The van der Waals surface area contributed by atoms with Crippen LogP contribution in [0.5, 0.6) is 0 Å². The number of sulfonamides is 1. The number of aromatic nitrogens is 1. The number of anilines is 2. The summed E-state index contributed by atoms with van der Waals surface area (Å²) in [6.07, 6.45) is 1.29. The van der Waals surface area contributed by atoms with Crippen LogP contribution in [-0.4, -0.2) is 13.4 Å². The van der Waals surface area contributed by atoms with Gasteiger partial charge in [-0.2, -0.15) is 8.42 Å². The van der Waals surface area contributed by atoms with Gasteiger partial charge in [0, 0.05) is 10.7 Å². The molecule has 0 radical (unpaired) electrons. The Bertz CT molecular complexity index is 722. The summed E-state index contributed by atoms with van der Waals surface area (Å²) in [5.74, 6) is -0.693. The van der Waals surface area contributed by atoms with Gasteiger partial charge in [0.2, 0.25) is 0 Å². The van der Waals surface area contributed by atoms with E-state index in [1.807, 2.05) is 0 Å². The van der Waals surface area contributed by atoms with Crippen molar-refractivity contribution in [3.63, 3.8) is 0 Å². The van der Waals surface area contributed by atoms with Gasteiger partial charge in [-0.1, -0.05) is 15.9 Å². The van der Waals surface area contributed by atoms with Crippen LogP contribution in [0.3, 0.4) is 0 Å². The van der Waals surface area contributed by atoms with Crippen molar-refractivity contribution in [3.05, 3.63) is 46.8 Å². The third-order valence-corrected chi connectivity index (χ3v) is 4.06. The van der Waals surface area contributed by atoms with Gasteiger partial charge in [0.05, 0.1) is 11.4 Å². The van der Waals surface area contributed by atoms with E-state index in [0.29, 0.717) is 4.47 Å². The Morgan fingerprint density at radius 1 is 1.32 bits per heavy atom. The van der Waals surface area contributed by atoms with Gasteiger partial charge in [0.1, 0.15) is 5.82 Å². The molecule has 0 unspecified atom stereocenters. The quantitative estimate of drug-likeness (QED) is 0.894. The molecule has 3 N–H and O–H groups in total. The van der Waals surface area contributed by atoms with E-state index in [1.54, 1.807) is 0 Å². The lowest BCUT2D eigenvalue weighted by Crippen LogP contribution is -2.17. The summed E-state index contributed by atoms with van der Waals surface area (Å²) in [7, 11) is -4.03. The lowest BCUT2D eigenvalue weighted by atomic mass is 10.3. The van der Waals surface area contributed by atoms with Crippen molar-refractivity contribution in [2.75, 3.05) is 10.5 Å². The third-order valence-electron chi connectivity index (χ3n) is 2.23. The van der Waals surface area contributed by atoms with Gasteiger partial charge in [-0.3, -0.25) is 4.72 Å². The summed E-state index contributed by atoms with van der Waals surface area (Å²) >= 11 is 3.13. The van der Waals surface area contributed by atoms with E-state index in [4.69, 9.17) is 5.73 Å². The number of rotatable bonds is 3. The maximum atomic E-state index is 13.5. The molecule has 0 fully saturated rings. The highest BCUT2D eigenvalue weighted by Gasteiger charge is 2.20. The Morgan fingerprint density at radius 2 is 2.05 bits per heavy atom. The van der Waals surface area contributed by atoms with Gasteiger partial charge in [-0.25, -0.2) is 9.37 Å². The average molecular weight is 346 g/mol. The molecule has 100 valence electrons. The zero-order valence-corrected chi connectivity index (χ0v) is 11.9. The van der Waals surface area contributed by atoms with Crippen LogP contribution < -0.4 is 10.5 Å². The van der Waals surface area contributed by atoms with Gasteiger partial charge >= 0.3 is 0 Å². The number of halogens is 2. The van der Waals surface area contributed by atoms with Crippen LogP contribution in [0.25, 0.3) is 0 Å². The first-order valence-electron chi connectivity index (χ1n) is 5.08. The highest BCUT2D eigenvalue weighted by atomic mass is 79.9. The summed E-state index contributed by atoms with van der Waals surface area (Å²) in [6, 6.07) is 6.82. The molecule has 1 aromatic heterocycles. The summed E-state index contributed by atoms with van der Waals surface area (Å²) in [5, 5.41) is -0.339. The fourth-order valence-corrected chi connectivity index (χ4v) is 2.88. The van der Waals surface area contributed by atoms with Crippen LogP contribution in [0, 0.1) is 5.82 Å².